The van der Waals surface area contributed by atoms with E-state index in [0.717, 1.165) is 11.3 Å². The number of hydrogen-bond acceptors (Lipinski definition) is 6. The van der Waals surface area contributed by atoms with Crippen molar-refractivity contribution in [3.63, 3.8) is 0 Å². The van der Waals surface area contributed by atoms with Gasteiger partial charge in [-0.25, -0.2) is 0 Å². The van der Waals surface area contributed by atoms with Gasteiger partial charge in [-0.05, 0) is 67.9 Å². The topological polar surface area (TPSA) is 93.2 Å². The van der Waals surface area contributed by atoms with Crippen molar-refractivity contribution in [2.75, 3.05) is 17.7 Å². The number of nitrogens with zero attached hydrogens (tertiary/aromatic N) is 2. The van der Waals surface area contributed by atoms with Gasteiger partial charge in [-0.15, -0.1) is 10.2 Å². The second kappa shape index (κ2) is 8.30. The van der Waals surface area contributed by atoms with Gasteiger partial charge in [0.25, 0.3) is 5.91 Å². The number of carbonyl (C=O) groups excluding carboxylic acids is 2. The van der Waals surface area contributed by atoms with Crippen molar-refractivity contribution in [2.45, 2.75) is 13.8 Å². The third-order valence-corrected chi connectivity index (χ3v) is 4.06. The van der Waals surface area contributed by atoms with Gasteiger partial charge in [0.2, 0.25) is 0 Å². The highest BCUT2D eigenvalue weighted by Gasteiger charge is 2.12. The lowest BCUT2D eigenvalue weighted by Crippen LogP contribution is -2.15. The number of hydrogen-bond donors (Lipinski definition) is 2. The highest BCUT2D eigenvalue weighted by atomic mass is 16.5. The normalized spacial score (nSPS) is 10.2. The van der Waals surface area contributed by atoms with Crippen LogP contribution in [0.15, 0.2) is 54.6 Å². The Labute approximate surface area is 162 Å². The Bertz CT molecular complexity index is 999. The molecule has 0 saturated carbocycles. The molecule has 0 atom stereocenters. The Morgan fingerprint density at radius 1 is 0.964 bits per heavy atom. The summed E-state index contributed by atoms with van der Waals surface area (Å²) in [6, 6.07) is 15.8. The maximum Gasteiger partial charge on any atom is 0.276 e. The first-order chi connectivity index (χ1) is 13.5. The van der Waals surface area contributed by atoms with Crippen molar-refractivity contribution in [1.82, 2.24) is 10.2 Å². The van der Waals surface area contributed by atoms with Crippen molar-refractivity contribution in [1.29, 1.82) is 0 Å². The molecule has 2 N–H and O–H groups in total. The minimum atomic E-state index is -0.381. The maximum absolute atomic E-state index is 12.4. The number of benzene rings is 2. The lowest BCUT2D eigenvalue weighted by atomic mass is 10.1. The average molecular weight is 376 g/mol. The summed E-state index contributed by atoms with van der Waals surface area (Å²) in [6.07, 6.45) is 0. The Kier molecular flexibility index (Phi) is 5.64. The van der Waals surface area contributed by atoms with E-state index in [1.54, 1.807) is 49.6 Å². The molecule has 1 aromatic heterocycles. The fourth-order valence-corrected chi connectivity index (χ4v) is 2.56. The second-order valence-corrected chi connectivity index (χ2v) is 6.22. The van der Waals surface area contributed by atoms with Crippen LogP contribution in [0.4, 0.5) is 17.2 Å². The van der Waals surface area contributed by atoms with Gasteiger partial charge in [0.1, 0.15) is 5.75 Å². The second-order valence-electron chi connectivity index (χ2n) is 6.22. The van der Waals surface area contributed by atoms with Crippen molar-refractivity contribution in [3.8, 4) is 5.75 Å². The zero-order chi connectivity index (χ0) is 20.1. The standard InChI is InChI=1S/C21H20N4O3/c1-13-4-10-19(28-3)18(12-13)23-21(27)17-9-11-20(25-24-17)22-16-7-5-15(6-8-16)14(2)26/h4-12H,1-3H3,(H,22,25)(H,23,27). The molecule has 7 heteroatoms. The molecule has 0 fully saturated rings. The molecule has 0 spiro atoms. The zero-order valence-electron chi connectivity index (χ0n) is 15.8. The van der Waals surface area contributed by atoms with Gasteiger partial charge >= 0.3 is 0 Å². The maximum atomic E-state index is 12.4. The fraction of sp³-hybridized carbons (Fsp3) is 0.143. The number of carbonyl (C=O) groups is 2. The Morgan fingerprint density at radius 3 is 2.32 bits per heavy atom. The minimum Gasteiger partial charge on any atom is -0.495 e. The van der Waals surface area contributed by atoms with Crippen molar-refractivity contribution in [2.24, 2.45) is 0 Å². The lowest BCUT2D eigenvalue weighted by molar-refractivity contribution is 0.101. The van der Waals surface area contributed by atoms with E-state index in [4.69, 9.17) is 4.74 Å². The van der Waals surface area contributed by atoms with E-state index in [0.29, 0.717) is 22.8 Å². The van der Waals surface area contributed by atoms with Gasteiger partial charge < -0.3 is 15.4 Å². The van der Waals surface area contributed by atoms with Crippen molar-refractivity contribution in [3.05, 3.63) is 71.4 Å². The molecular formula is C21H20N4O3. The van der Waals surface area contributed by atoms with E-state index >= 15 is 0 Å². The van der Waals surface area contributed by atoms with E-state index in [2.05, 4.69) is 20.8 Å². The highest BCUT2D eigenvalue weighted by Crippen LogP contribution is 2.25. The van der Waals surface area contributed by atoms with E-state index < -0.39 is 0 Å². The molecule has 0 aliphatic carbocycles. The Morgan fingerprint density at radius 2 is 1.71 bits per heavy atom. The van der Waals surface area contributed by atoms with Crippen LogP contribution >= 0.6 is 0 Å². The number of methoxy groups -OCH3 is 1. The number of ketones is 1. The predicted octanol–water partition coefficient (Wildman–Crippen LogP) is 3.99. The monoisotopic (exact) mass is 376 g/mol. The summed E-state index contributed by atoms with van der Waals surface area (Å²) in [5.74, 6) is 0.681. The first-order valence-electron chi connectivity index (χ1n) is 8.64. The van der Waals surface area contributed by atoms with E-state index in [-0.39, 0.29) is 17.4 Å². The molecule has 142 valence electrons. The molecule has 7 nitrogen and oxygen atoms in total. The van der Waals surface area contributed by atoms with Crippen LogP contribution in [0.5, 0.6) is 5.75 Å². The summed E-state index contributed by atoms with van der Waals surface area (Å²) in [6.45, 7) is 3.45. The molecule has 0 saturated heterocycles. The number of aromatic nitrogens is 2. The van der Waals surface area contributed by atoms with Crippen LogP contribution < -0.4 is 15.4 Å². The van der Waals surface area contributed by atoms with Crippen molar-refractivity contribution < 1.29 is 14.3 Å². The Hall–Kier alpha value is -3.74. The average Bonchev–Trinajstić information content (AvgIpc) is 2.69. The third kappa shape index (κ3) is 4.50. The van der Waals surface area contributed by atoms with Crippen LogP contribution in [-0.4, -0.2) is 29.0 Å². The first kappa shape index (κ1) is 19.0. The lowest BCUT2D eigenvalue weighted by Gasteiger charge is -2.11. The molecule has 2 aromatic carbocycles. The molecule has 0 aliphatic rings. The smallest absolute Gasteiger partial charge is 0.276 e. The van der Waals surface area contributed by atoms with E-state index in [1.807, 2.05) is 19.1 Å². The van der Waals surface area contributed by atoms with Crippen LogP contribution in [0.3, 0.4) is 0 Å². The van der Waals surface area contributed by atoms with Gasteiger partial charge in [0.15, 0.2) is 17.3 Å². The number of aryl methyl sites for hydroxylation is 1. The molecule has 3 rings (SSSR count). The molecule has 0 radical (unpaired) electrons. The predicted molar refractivity (Wildman–Crippen MR) is 107 cm³/mol. The van der Waals surface area contributed by atoms with Crippen LogP contribution in [0, 0.1) is 6.92 Å². The number of nitrogens with one attached hydrogen (secondary N) is 2. The quantitative estimate of drug-likeness (QED) is 0.632. The molecule has 0 unspecified atom stereocenters. The fourth-order valence-electron chi connectivity index (χ4n) is 2.56. The molecule has 1 amide bonds. The number of Topliss-reactive ketones (excluding diaryl/α,β-unsaturated/α-hetero) is 1. The number of amides is 1. The molecule has 0 bridgehead atoms. The minimum absolute atomic E-state index is 0.00643. The van der Waals surface area contributed by atoms with Gasteiger partial charge in [-0.3, -0.25) is 9.59 Å². The summed E-state index contributed by atoms with van der Waals surface area (Å²) in [4.78, 5) is 23.8. The summed E-state index contributed by atoms with van der Waals surface area (Å²) in [5.41, 5.74) is 3.15. The van der Waals surface area contributed by atoms with Crippen LogP contribution in [0.2, 0.25) is 0 Å². The van der Waals surface area contributed by atoms with Gasteiger partial charge in [0.05, 0.1) is 12.8 Å². The molecule has 0 aliphatic heterocycles. The number of rotatable bonds is 6. The van der Waals surface area contributed by atoms with E-state index in [1.165, 1.54) is 6.92 Å². The molecule has 1 heterocycles. The van der Waals surface area contributed by atoms with Gasteiger partial charge in [-0.1, -0.05) is 6.07 Å². The van der Waals surface area contributed by atoms with Crippen molar-refractivity contribution >= 4 is 28.9 Å². The van der Waals surface area contributed by atoms with Gasteiger partial charge in [0, 0.05) is 11.3 Å². The first-order valence-corrected chi connectivity index (χ1v) is 8.64. The molecular weight excluding hydrogens is 356 g/mol. The summed E-state index contributed by atoms with van der Waals surface area (Å²) < 4.78 is 5.26. The van der Waals surface area contributed by atoms with Gasteiger partial charge in [-0.2, -0.15) is 0 Å². The summed E-state index contributed by atoms with van der Waals surface area (Å²) in [5, 5.41) is 13.9. The number of ether oxygens (including phenoxy) is 1. The SMILES string of the molecule is COc1ccc(C)cc1NC(=O)c1ccc(Nc2ccc(C(C)=O)cc2)nn1. The van der Waals surface area contributed by atoms with Crippen LogP contribution in [0.1, 0.15) is 33.3 Å². The largest absolute Gasteiger partial charge is 0.495 e. The highest BCUT2D eigenvalue weighted by molar-refractivity contribution is 6.03. The zero-order valence-corrected chi connectivity index (χ0v) is 15.8. The molecule has 3 aromatic rings. The van der Waals surface area contributed by atoms with Crippen LogP contribution in [0.25, 0.3) is 0 Å². The summed E-state index contributed by atoms with van der Waals surface area (Å²) in [7, 11) is 1.55. The Balaban J connectivity index is 1.69. The summed E-state index contributed by atoms with van der Waals surface area (Å²) >= 11 is 0. The van der Waals surface area contributed by atoms with E-state index in [9.17, 15) is 9.59 Å². The number of anilines is 3. The molecule has 28 heavy (non-hydrogen) atoms. The van der Waals surface area contributed by atoms with Crippen LogP contribution in [-0.2, 0) is 0 Å². The third-order valence-electron chi connectivity index (χ3n) is 4.06.